The lowest BCUT2D eigenvalue weighted by atomic mass is 9.92. The fraction of sp³-hybridized carbons (Fsp3) is 0.391. The van der Waals surface area contributed by atoms with Crippen molar-refractivity contribution in [2.45, 2.75) is 46.2 Å². The number of nitrogens with zero attached hydrogens (tertiary/aromatic N) is 1. The molecule has 9 heteroatoms. The van der Waals surface area contributed by atoms with Gasteiger partial charge in [-0.3, -0.25) is 9.59 Å². The van der Waals surface area contributed by atoms with Crippen molar-refractivity contribution in [2.75, 3.05) is 6.54 Å². The summed E-state index contributed by atoms with van der Waals surface area (Å²) in [6.45, 7) is 5.90. The van der Waals surface area contributed by atoms with Gasteiger partial charge in [0.05, 0.1) is 10.6 Å². The van der Waals surface area contributed by atoms with Crippen molar-refractivity contribution in [1.82, 2.24) is 10.3 Å². The summed E-state index contributed by atoms with van der Waals surface area (Å²) in [5.74, 6) is -1.44. The van der Waals surface area contributed by atoms with Crippen molar-refractivity contribution < 1.29 is 27.6 Å². The van der Waals surface area contributed by atoms with Gasteiger partial charge in [-0.1, -0.05) is 29.3 Å². The molecule has 1 aromatic carbocycles. The molecule has 1 atom stereocenters. The summed E-state index contributed by atoms with van der Waals surface area (Å²) in [6.07, 6.45) is -2.97. The van der Waals surface area contributed by atoms with Gasteiger partial charge in [0.1, 0.15) is 17.8 Å². The number of carbonyl (C=O) groups excluding carboxylic acids is 3. The van der Waals surface area contributed by atoms with E-state index in [2.05, 4.69) is 10.3 Å². The second kappa shape index (κ2) is 10.7. The van der Waals surface area contributed by atoms with Crippen LogP contribution >= 0.6 is 11.6 Å². The zero-order valence-corrected chi connectivity index (χ0v) is 18.7. The summed E-state index contributed by atoms with van der Waals surface area (Å²) in [7, 11) is 0. The molecule has 172 valence electrons. The van der Waals surface area contributed by atoms with Gasteiger partial charge in [0.2, 0.25) is 0 Å². The molecule has 0 saturated heterocycles. The van der Waals surface area contributed by atoms with Crippen LogP contribution in [0.1, 0.15) is 51.1 Å². The van der Waals surface area contributed by atoms with Gasteiger partial charge in [-0.05, 0) is 49.9 Å². The molecule has 1 heterocycles. The molecule has 2 rings (SSSR count). The van der Waals surface area contributed by atoms with Crippen LogP contribution < -0.4 is 5.32 Å². The Morgan fingerprint density at radius 1 is 1.16 bits per heavy atom. The highest BCUT2D eigenvalue weighted by molar-refractivity contribution is 6.33. The van der Waals surface area contributed by atoms with Crippen LogP contribution in [0.5, 0.6) is 0 Å². The highest BCUT2D eigenvalue weighted by atomic mass is 35.5. The van der Waals surface area contributed by atoms with E-state index in [1.54, 1.807) is 0 Å². The third-order valence-electron chi connectivity index (χ3n) is 5.08. The van der Waals surface area contributed by atoms with Crippen molar-refractivity contribution in [1.29, 1.82) is 0 Å². The van der Waals surface area contributed by atoms with Crippen molar-refractivity contribution in [3.63, 3.8) is 0 Å². The number of amides is 1. The number of aldehydes is 1. The van der Waals surface area contributed by atoms with Crippen LogP contribution in [0.2, 0.25) is 5.02 Å². The van der Waals surface area contributed by atoms with Crippen molar-refractivity contribution in [3.8, 4) is 0 Å². The Bertz CT molecular complexity index is 999. The van der Waals surface area contributed by atoms with Crippen LogP contribution in [-0.4, -0.2) is 29.5 Å². The van der Waals surface area contributed by atoms with Crippen LogP contribution in [0.15, 0.2) is 24.4 Å². The zero-order chi connectivity index (χ0) is 24.1. The highest BCUT2D eigenvalue weighted by Crippen LogP contribution is 2.31. The first-order valence-corrected chi connectivity index (χ1v) is 10.3. The van der Waals surface area contributed by atoms with E-state index in [0.717, 1.165) is 22.3 Å². The van der Waals surface area contributed by atoms with Crippen molar-refractivity contribution in [3.05, 3.63) is 62.9 Å². The van der Waals surface area contributed by atoms with E-state index >= 15 is 0 Å². The smallest absolute Gasteiger partial charge is 0.351 e. The second-order valence-corrected chi connectivity index (χ2v) is 8.20. The van der Waals surface area contributed by atoms with E-state index in [-0.39, 0.29) is 37.3 Å². The first kappa shape index (κ1) is 25.5. The topological polar surface area (TPSA) is 76.1 Å². The number of alkyl halides is 3. The molecule has 5 nitrogen and oxygen atoms in total. The molecule has 32 heavy (non-hydrogen) atoms. The third kappa shape index (κ3) is 6.88. The minimum Gasteiger partial charge on any atom is -0.351 e. The summed E-state index contributed by atoms with van der Waals surface area (Å²) in [4.78, 5) is 39.5. The number of benzene rings is 1. The number of hydrogen-bond donors (Lipinski definition) is 1. The first-order valence-electron chi connectivity index (χ1n) is 9.97. The zero-order valence-electron chi connectivity index (χ0n) is 18.0. The van der Waals surface area contributed by atoms with Gasteiger partial charge in [0.25, 0.3) is 5.91 Å². The summed E-state index contributed by atoms with van der Waals surface area (Å²) in [5, 5.41) is 2.05. The highest BCUT2D eigenvalue weighted by Gasteiger charge is 2.32. The molecule has 1 unspecified atom stereocenters. The van der Waals surface area contributed by atoms with E-state index in [1.165, 1.54) is 0 Å². The maximum Gasteiger partial charge on any atom is 0.417 e. The van der Waals surface area contributed by atoms with E-state index in [0.29, 0.717) is 18.5 Å². The monoisotopic (exact) mass is 468 g/mol. The van der Waals surface area contributed by atoms with Gasteiger partial charge in [-0.2, -0.15) is 13.2 Å². The van der Waals surface area contributed by atoms with Gasteiger partial charge in [-0.15, -0.1) is 0 Å². The Hall–Kier alpha value is -2.74. The van der Waals surface area contributed by atoms with Gasteiger partial charge >= 0.3 is 6.18 Å². The normalized spacial score (nSPS) is 12.3. The van der Waals surface area contributed by atoms with Gasteiger partial charge in [0.15, 0.2) is 0 Å². The van der Waals surface area contributed by atoms with E-state index in [1.807, 2.05) is 32.9 Å². The van der Waals surface area contributed by atoms with E-state index < -0.39 is 28.6 Å². The molecule has 1 amide bonds. The first-order chi connectivity index (χ1) is 14.9. The number of pyridine rings is 1. The lowest BCUT2D eigenvalue weighted by Gasteiger charge is -2.14. The number of carbonyl (C=O) groups is 3. The van der Waals surface area contributed by atoms with Crippen LogP contribution in [0.4, 0.5) is 13.2 Å². The Kier molecular flexibility index (Phi) is 8.55. The number of rotatable bonds is 9. The molecule has 0 saturated carbocycles. The fourth-order valence-electron chi connectivity index (χ4n) is 3.48. The molecule has 0 aliphatic heterocycles. The average molecular weight is 469 g/mol. The standard InChI is InChI=1S/C23H24ClF3N2O3/c1-13-6-14(2)19(15(3)7-13)10-18(31)8-16(12-30)4-5-28-22(32)21-20(24)9-17(11-29-21)23(25,26)27/h6-7,9,11-12,16H,4-5,8,10H2,1-3H3,(H,28,32). The molecule has 1 N–H and O–H groups in total. The van der Waals surface area contributed by atoms with Gasteiger partial charge in [-0.25, -0.2) is 4.98 Å². The molecule has 0 aliphatic rings. The third-order valence-corrected chi connectivity index (χ3v) is 5.37. The van der Waals surface area contributed by atoms with Crippen molar-refractivity contribution >= 4 is 29.6 Å². The SMILES string of the molecule is Cc1cc(C)c(CC(=O)CC(C=O)CCNC(=O)c2ncc(C(F)(F)F)cc2Cl)c(C)c1. The van der Waals surface area contributed by atoms with Crippen LogP contribution in [0.25, 0.3) is 0 Å². The Morgan fingerprint density at radius 2 is 1.78 bits per heavy atom. The predicted octanol–water partition coefficient (Wildman–Crippen LogP) is 4.82. The van der Waals surface area contributed by atoms with Gasteiger partial charge < -0.3 is 10.1 Å². The minimum absolute atomic E-state index is 0.0331. The molecule has 0 fully saturated rings. The summed E-state index contributed by atoms with van der Waals surface area (Å²) in [6, 6.07) is 4.64. The molecule has 0 bridgehead atoms. The summed E-state index contributed by atoms with van der Waals surface area (Å²) in [5.41, 5.74) is 2.70. The maximum absolute atomic E-state index is 12.7. The lowest BCUT2D eigenvalue weighted by molar-refractivity contribution is -0.137. The number of nitrogens with one attached hydrogen (secondary N) is 1. The fourth-order valence-corrected chi connectivity index (χ4v) is 3.74. The quantitative estimate of drug-likeness (QED) is 0.535. The summed E-state index contributed by atoms with van der Waals surface area (Å²) < 4.78 is 38.0. The Morgan fingerprint density at radius 3 is 2.31 bits per heavy atom. The van der Waals surface area contributed by atoms with E-state index in [9.17, 15) is 27.6 Å². The number of aryl methyl sites for hydroxylation is 3. The number of Topliss-reactive ketones (excluding diaryl/α,β-unsaturated/α-hetero) is 1. The largest absolute Gasteiger partial charge is 0.417 e. The van der Waals surface area contributed by atoms with Crippen LogP contribution in [0.3, 0.4) is 0 Å². The van der Waals surface area contributed by atoms with Gasteiger partial charge in [0, 0.05) is 31.5 Å². The maximum atomic E-state index is 12.7. The number of ketones is 1. The predicted molar refractivity (Wildman–Crippen MR) is 115 cm³/mol. The molecule has 0 radical (unpaired) electrons. The molecule has 0 aliphatic carbocycles. The molecular formula is C23H24ClF3N2O3. The molecule has 0 spiro atoms. The second-order valence-electron chi connectivity index (χ2n) is 7.79. The van der Waals surface area contributed by atoms with Crippen LogP contribution in [-0.2, 0) is 22.2 Å². The summed E-state index contributed by atoms with van der Waals surface area (Å²) >= 11 is 5.76. The number of hydrogen-bond acceptors (Lipinski definition) is 4. The van der Waals surface area contributed by atoms with E-state index in [4.69, 9.17) is 11.6 Å². The Balaban J connectivity index is 1.91. The van der Waals surface area contributed by atoms with Crippen LogP contribution in [0, 0.1) is 26.7 Å². The number of halogens is 4. The lowest BCUT2D eigenvalue weighted by Crippen LogP contribution is -2.28. The minimum atomic E-state index is -4.62. The molecule has 1 aromatic heterocycles. The average Bonchev–Trinajstić information content (AvgIpc) is 2.69. The van der Waals surface area contributed by atoms with Crippen molar-refractivity contribution in [2.24, 2.45) is 5.92 Å². The number of aromatic nitrogens is 1. The Labute approximate surface area is 189 Å². The molecular weight excluding hydrogens is 445 g/mol. The molecule has 2 aromatic rings.